The third-order valence-corrected chi connectivity index (χ3v) is 8.79. The van der Waals surface area contributed by atoms with Gasteiger partial charge in [0.05, 0.1) is 87.2 Å². The van der Waals surface area contributed by atoms with Crippen molar-refractivity contribution in [3.63, 3.8) is 0 Å². The molecular weight excluding hydrogens is 619 g/mol. The number of fused-ring (bicyclic) bond motifs is 9. The van der Waals surface area contributed by atoms with E-state index in [9.17, 15) is 16.4 Å². The second kappa shape index (κ2) is 10.8. The van der Waals surface area contributed by atoms with E-state index < -0.39 is 240 Å². The summed E-state index contributed by atoms with van der Waals surface area (Å²) in [6, 6.07) is -17.5. The van der Waals surface area contributed by atoms with Crippen LogP contribution >= 0.6 is 0 Å². The van der Waals surface area contributed by atoms with Crippen LogP contribution in [-0.4, -0.2) is 13.7 Å². The Labute approximate surface area is 332 Å². The third-order valence-electron chi connectivity index (χ3n) is 8.79. The Balaban J connectivity index is 1.47. The summed E-state index contributed by atoms with van der Waals surface area (Å²) in [5.74, 6) is 0. The normalized spacial score (nSPS) is 19.3. The predicted octanol–water partition coefficient (Wildman–Crippen LogP) is 12.6. The van der Waals surface area contributed by atoms with E-state index in [2.05, 4.69) is 0 Å². The first-order valence-corrected chi connectivity index (χ1v) is 15.3. The molecule has 0 saturated heterocycles. The van der Waals surface area contributed by atoms with Crippen LogP contribution in [0.5, 0.6) is 0 Å². The second-order valence-corrected chi connectivity index (χ2v) is 11.3. The molecule has 11 rings (SSSR count). The highest BCUT2D eigenvalue weighted by molar-refractivity contribution is 6.19. The van der Waals surface area contributed by atoms with Crippen molar-refractivity contribution in [1.29, 1.82) is 0 Å². The zero-order valence-corrected chi connectivity index (χ0v) is 25.7. The van der Waals surface area contributed by atoms with E-state index in [1.165, 1.54) is 24.3 Å². The molecule has 0 atom stereocenters. The fourth-order valence-corrected chi connectivity index (χ4v) is 6.82. The lowest BCUT2D eigenvalue weighted by molar-refractivity contribution is 1.17. The van der Waals surface area contributed by atoms with Crippen molar-refractivity contribution < 1.29 is 37.0 Å². The number of hydrogen-bond acceptors (Lipinski definition) is 0. The molecule has 0 fully saturated rings. The number of aromatic nitrogens is 3. The molecule has 0 aliphatic heterocycles. The Hall–Kier alpha value is -6.84. The van der Waals surface area contributed by atoms with Gasteiger partial charge >= 0.3 is 0 Å². The van der Waals surface area contributed by atoms with Gasteiger partial charge in [0.15, 0.2) is 0 Å². The molecule has 0 amide bonds. The maximum Gasteiger partial charge on any atom is 0.0645 e. The molecule has 0 spiro atoms. The Bertz CT molecular complexity index is 4600. The Morgan fingerprint density at radius 1 is 0.314 bits per heavy atom. The molecule has 3 heterocycles. The minimum Gasteiger partial charge on any atom is -0.309 e. The molecule has 8 aromatic carbocycles. The molecule has 3 heteroatoms. The van der Waals surface area contributed by atoms with Crippen molar-refractivity contribution in [2.75, 3.05) is 0 Å². The molecule has 238 valence electrons. The van der Waals surface area contributed by atoms with E-state index in [1.807, 2.05) is 0 Å². The average Bonchev–Trinajstić information content (AvgIpc) is 4.09. The Morgan fingerprint density at radius 2 is 0.706 bits per heavy atom. The summed E-state index contributed by atoms with van der Waals surface area (Å²) < 4.78 is 249. The lowest BCUT2D eigenvalue weighted by atomic mass is 10.0. The van der Waals surface area contributed by atoms with E-state index in [0.29, 0.717) is 0 Å². The van der Waals surface area contributed by atoms with Gasteiger partial charge in [0, 0.05) is 37.9 Å². The van der Waals surface area contributed by atoms with Crippen LogP contribution in [0.15, 0.2) is 187 Å². The molecule has 0 aliphatic carbocycles. The molecule has 3 nitrogen and oxygen atoms in total. The van der Waals surface area contributed by atoms with Crippen LogP contribution in [0.1, 0.15) is 37.0 Å². The monoisotopic (exact) mass is 676 g/mol. The summed E-state index contributed by atoms with van der Waals surface area (Å²) in [6.45, 7) is 0. The fourth-order valence-electron chi connectivity index (χ4n) is 6.82. The largest absolute Gasteiger partial charge is 0.309 e. The second-order valence-electron chi connectivity index (χ2n) is 11.3. The zero-order chi connectivity index (χ0) is 57.0. The van der Waals surface area contributed by atoms with Gasteiger partial charge in [-0.1, -0.05) is 133 Å². The molecule has 0 N–H and O–H groups in total. The van der Waals surface area contributed by atoms with Gasteiger partial charge < -0.3 is 13.7 Å². The van der Waals surface area contributed by atoms with Gasteiger partial charge in [0.25, 0.3) is 0 Å². The minimum absolute atomic E-state index is 0.142. The molecule has 3 aromatic heterocycles. The van der Waals surface area contributed by atoms with Crippen molar-refractivity contribution in [3.8, 4) is 28.2 Å². The maximum absolute atomic E-state index is 9.79. The molecule has 0 unspecified atom stereocenters. The van der Waals surface area contributed by atoms with Crippen molar-refractivity contribution >= 4 is 65.4 Å². The van der Waals surface area contributed by atoms with Gasteiger partial charge in [-0.3, -0.25) is 0 Å². The quantitative estimate of drug-likeness (QED) is 0.176. The number of para-hydroxylation sites is 5. The average molecular weight is 677 g/mol. The van der Waals surface area contributed by atoms with Crippen molar-refractivity contribution in [1.82, 2.24) is 13.7 Å². The van der Waals surface area contributed by atoms with Crippen molar-refractivity contribution in [2.45, 2.75) is 0 Å². The number of hydrogen-bond donors (Lipinski definition) is 0. The summed E-state index contributed by atoms with van der Waals surface area (Å²) >= 11 is 0. The lowest BCUT2D eigenvalue weighted by Crippen LogP contribution is -1.98. The predicted molar refractivity (Wildman–Crippen MR) is 215 cm³/mol. The number of nitrogens with zero attached hydrogens (tertiary/aromatic N) is 3. The highest BCUT2D eigenvalue weighted by atomic mass is 15.0. The first-order chi connectivity index (χ1) is 36.6. The Morgan fingerprint density at radius 3 is 1.25 bits per heavy atom. The van der Waals surface area contributed by atoms with Crippen molar-refractivity contribution in [3.05, 3.63) is 187 Å². The van der Waals surface area contributed by atoms with Crippen LogP contribution in [0.2, 0.25) is 0 Å². The molecule has 11 aromatic rings. The molecule has 0 bridgehead atoms. The smallest absolute Gasteiger partial charge is 0.0645 e. The van der Waals surface area contributed by atoms with Crippen LogP contribution in [0, 0.1) is 0 Å². The number of rotatable bonds is 4. The SMILES string of the molecule is [2H]c1c([2H])c([2H])c(-c2ccccc2-n2c3c([2H])c([2H])c([2H])c([2H])c3c3c(-n4c5c([2H])c([2H])c([2H])c([2H])c5c5c(-n6c7c([2H])c([2H])c([2H])c([2H])c7c7c([2H])c([2H])c([2H])c([2H])c76)c([2H])c([2H])c([2H])c54)c([2H])c([2H])c([2H])c32)c([2H])c1[2H]. The molecular formula is C48H31N3. The maximum atomic E-state index is 9.79. The first kappa shape index (κ1) is 12.5. The lowest BCUT2D eigenvalue weighted by Gasteiger charge is -2.15. The van der Waals surface area contributed by atoms with E-state index in [0.717, 1.165) is 13.7 Å². The van der Waals surface area contributed by atoms with E-state index >= 15 is 0 Å². The summed E-state index contributed by atoms with van der Waals surface area (Å²) in [5, 5.41) is -3.15. The zero-order valence-electron chi connectivity index (χ0n) is 52.7. The van der Waals surface area contributed by atoms with E-state index in [1.54, 1.807) is 0 Å². The third kappa shape index (κ3) is 3.94. The summed E-state index contributed by atoms with van der Waals surface area (Å²) in [4.78, 5) is 0. The van der Waals surface area contributed by atoms with Crippen LogP contribution in [0.4, 0.5) is 0 Å². The molecule has 51 heavy (non-hydrogen) atoms. The van der Waals surface area contributed by atoms with E-state index in [4.69, 9.17) is 20.6 Å². The van der Waals surface area contributed by atoms with Crippen LogP contribution in [0.3, 0.4) is 0 Å². The van der Waals surface area contributed by atoms with Gasteiger partial charge in [-0.05, 0) is 60.0 Å². The van der Waals surface area contributed by atoms with Gasteiger partial charge in [0.1, 0.15) is 0 Å². The minimum atomic E-state index is -1.02. The van der Waals surface area contributed by atoms with E-state index in [-0.39, 0.29) is 16.8 Å². The van der Waals surface area contributed by atoms with Gasteiger partial charge in [0.2, 0.25) is 0 Å². The first-order valence-electron chi connectivity index (χ1n) is 28.8. The molecule has 0 radical (unpaired) electrons. The highest BCUT2D eigenvalue weighted by Crippen LogP contribution is 2.43. The van der Waals surface area contributed by atoms with Gasteiger partial charge in [-0.25, -0.2) is 0 Å². The topological polar surface area (TPSA) is 14.8 Å². The van der Waals surface area contributed by atoms with Crippen LogP contribution in [-0.2, 0) is 0 Å². The van der Waals surface area contributed by atoms with Gasteiger partial charge in [-0.15, -0.1) is 0 Å². The Kier molecular flexibility index (Phi) is 2.65. The summed E-state index contributed by atoms with van der Waals surface area (Å²) in [7, 11) is 0. The highest BCUT2D eigenvalue weighted by Gasteiger charge is 2.23. The summed E-state index contributed by atoms with van der Waals surface area (Å²) in [6.07, 6.45) is 0. The summed E-state index contributed by atoms with van der Waals surface area (Å²) in [5.41, 5.74) is -5.60. The number of benzene rings is 8. The van der Waals surface area contributed by atoms with Gasteiger partial charge in [-0.2, -0.15) is 0 Å². The standard InChI is InChI=1S/C48H31N3/c1-2-16-32(17-3-1)33-18-4-9-23-38(33)49-41-26-12-7-21-36(41)47-43(49)28-14-30-45(47)51-42-27-13-8-22-37(42)48-44(29-15-31-46(48)51)50-39-24-10-5-19-34(39)35-20-6-11-25-40(35)50/h1-31H/i1D,2D,3D,5D,6D,7D,8D,10D,11D,12D,13D,14D,15D,16D,17D,19D,20D,21D,22D,24D,25D,26D,27D,28D,29D,30D,31D. The fraction of sp³-hybridized carbons (Fsp3) is 0. The van der Waals surface area contributed by atoms with Crippen LogP contribution < -0.4 is 0 Å². The molecule has 0 aliphatic rings. The molecule has 0 saturated carbocycles. The van der Waals surface area contributed by atoms with Crippen molar-refractivity contribution in [2.24, 2.45) is 0 Å². The van der Waals surface area contributed by atoms with Crippen LogP contribution in [0.25, 0.3) is 93.6 Å².